The van der Waals surface area contributed by atoms with Crippen LogP contribution in [0.25, 0.3) is 22.2 Å². The van der Waals surface area contributed by atoms with Crippen LogP contribution in [-0.4, -0.2) is 120 Å². The Balaban J connectivity index is 1.58. The molecule has 0 unspecified atom stereocenters. The number of amides is 2. The van der Waals surface area contributed by atoms with E-state index in [-0.39, 0.29) is 73.7 Å². The molecule has 0 fully saturated rings. The van der Waals surface area contributed by atoms with Crippen LogP contribution in [-0.2, 0) is 32.0 Å². The summed E-state index contributed by atoms with van der Waals surface area (Å²) in [5, 5.41) is 12.4. The highest BCUT2D eigenvalue weighted by Crippen LogP contribution is 2.64. The Labute approximate surface area is 348 Å². The number of halogens is 17. The summed E-state index contributed by atoms with van der Waals surface area (Å²) < 4.78 is 252. The Morgan fingerprint density at radius 2 is 1.23 bits per heavy atom. The second-order valence-corrected chi connectivity index (χ2v) is 14.6. The van der Waals surface area contributed by atoms with Crippen molar-refractivity contribution < 1.29 is 103 Å². The Kier molecular flexibility index (Phi) is 16.1. The van der Waals surface area contributed by atoms with Gasteiger partial charge in [0.15, 0.2) is 0 Å². The summed E-state index contributed by atoms with van der Waals surface area (Å²) in [4.78, 5) is 36.4. The van der Waals surface area contributed by atoms with E-state index < -0.39 is 90.2 Å². The van der Waals surface area contributed by atoms with Crippen molar-refractivity contribution in [2.75, 3.05) is 39.5 Å². The van der Waals surface area contributed by atoms with Gasteiger partial charge in [0.25, 0.3) is 0 Å². The number of carbonyl (C=O) groups excluding carboxylic acids is 2. The Morgan fingerprint density at radius 3 is 1.78 bits per heavy atom. The molecule has 3 aromatic rings. The molecule has 0 aliphatic carbocycles. The zero-order valence-electron chi connectivity index (χ0n) is 33.1. The lowest BCUT2D eigenvalue weighted by Crippen LogP contribution is -2.74. The van der Waals surface area contributed by atoms with Gasteiger partial charge in [-0.2, -0.15) is 74.6 Å². The van der Waals surface area contributed by atoms with Gasteiger partial charge in [0.2, 0.25) is 5.91 Å². The lowest BCUT2D eigenvalue weighted by molar-refractivity contribution is -0.461. The molecule has 0 aliphatic rings. The molecular weight excluding hydrogens is 925 g/mol. The number of nitrogens with zero attached hydrogens (tertiary/aromatic N) is 3. The van der Waals surface area contributed by atoms with Crippen molar-refractivity contribution in [1.82, 2.24) is 25.6 Å². The van der Waals surface area contributed by atoms with Crippen LogP contribution in [0.5, 0.6) is 0 Å². The summed E-state index contributed by atoms with van der Waals surface area (Å²) in [6.45, 7) is 4.93. The van der Waals surface area contributed by atoms with Gasteiger partial charge in [-0.05, 0) is 38.8 Å². The third-order valence-electron chi connectivity index (χ3n) is 8.54. The average molecular weight is 962 g/mol. The number of nitrogens with one attached hydrogen (secondary N) is 2. The number of hydrogen-bond acceptors (Lipinski definition) is 9. The molecule has 0 radical (unpaired) electrons. The summed E-state index contributed by atoms with van der Waals surface area (Å²) >= 11 is 0. The molecule has 0 bridgehead atoms. The number of fused-ring (bicyclic) bond motifs is 1. The van der Waals surface area contributed by atoms with Crippen LogP contribution in [0, 0.1) is 0 Å². The fraction of sp³-hybridized carbons (Fsp3) is 0.629. The first-order valence-electron chi connectivity index (χ1n) is 18.1. The number of carbonyl (C=O) groups is 2. The van der Waals surface area contributed by atoms with Gasteiger partial charge in [0.1, 0.15) is 16.9 Å². The van der Waals surface area contributed by atoms with Crippen LogP contribution in [0.3, 0.4) is 0 Å². The van der Waals surface area contributed by atoms with Crippen molar-refractivity contribution in [3.8, 4) is 11.3 Å². The summed E-state index contributed by atoms with van der Waals surface area (Å²) in [5.74, 6) is -57.4. The Bertz CT molecular complexity index is 2140. The van der Waals surface area contributed by atoms with E-state index in [4.69, 9.17) is 18.6 Å². The minimum absolute atomic E-state index is 0.0548. The minimum atomic E-state index is -8.71. The van der Waals surface area contributed by atoms with Gasteiger partial charge in [0.05, 0.1) is 39.0 Å². The standard InChI is InChI=1S/C35H36F17N5O7/c1-27(2,3)64-26(60)54-9-12-62-14-13-61-11-8-53-24(58)16-20-17-25(59)63-23-15-19(5-6-21(20)23)22-18-57(56-55-22)10-4-7-28(36,37)29(38,39)30(40,41)31(42,43)32(44,45)33(46,47)34(48,49)35(50,51)52/h5-6,15,17-18H,4,7-14,16H2,1-3H3,(H,53,58)(H,54,60). The predicted octanol–water partition coefficient (Wildman–Crippen LogP) is 8.06. The van der Waals surface area contributed by atoms with Gasteiger partial charge in [-0.15, -0.1) is 5.10 Å². The number of benzene rings is 1. The van der Waals surface area contributed by atoms with Crippen molar-refractivity contribution in [3.63, 3.8) is 0 Å². The predicted molar refractivity (Wildman–Crippen MR) is 184 cm³/mol. The Morgan fingerprint density at radius 1 is 0.703 bits per heavy atom. The summed E-state index contributed by atoms with van der Waals surface area (Å²) in [5.41, 5.74) is -1.62. The van der Waals surface area contributed by atoms with Gasteiger partial charge in [-0.25, -0.2) is 9.59 Å². The number of alkyl halides is 17. The monoisotopic (exact) mass is 961 g/mol. The van der Waals surface area contributed by atoms with Crippen LogP contribution >= 0.6 is 0 Å². The molecule has 0 spiro atoms. The van der Waals surface area contributed by atoms with Crippen LogP contribution in [0.1, 0.15) is 39.2 Å². The first kappa shape index (κ1) is 53.4. The fourth-order valence-corrected chi connectivity index (χ4v) is 5.25. The molecule has 1 aromatic carbocycles. The zero-order chi connectivity index (χ0) is 49.0. The molecular formula is C35H36F17N5O7. The summed E-state index contributed by atoms with van der Waals surface area (Å²) in [7, 11) is 0. The van der Waals surface area contributed by atoms with Gasteiger partial charge in [-0.3, -0.25) is 9.48 Å². The molecule has 29 heteroatoms. The molecule has 0 atom stereocenters. The van der Waals surface area contributed by atoms with E-state index in [2.05, 4.69) is 20.9 Å². The highest BCUT2D eigenvalue weighted by molar-refractivity contribution is 5.89. The molecule has 0 saturated heterocycles. The first-order valence-corrected chi connectivity index (χ1v) is 18.1. The average Bonchev–Trinajstić information content (AvgIpc) is 3.62. The van der Waals surface area contributed by atoms with Crippen molar-refractivity contribution in [2.24, 2.45) is 0 Å². The number of rotatable bonds is 22. The maximum Gasteiger partial charge on any atom is 0.460 e. The van der Waals surface area contributed by atoms with Gasteiger partial charge < -0.3 is 29.3 Å². The highest BCUT2D eigenvalue weighted by Gasteiger charge is 2.95. The fourth-order valence-electron chi connectivity index (χ4n) is 5.25. The number of aromatic nitrogens is 3. The summed E-state index contributed by atoms with van der Waals surface area (Å²) in [6.07, 6.45) is -12.0. The quantitative estimate of drug-likeness (QED) is 0.0580. The number of alkyl carbamates (subject to hydrolysis) is 1. The lowest BCUT2D eigenvalue weighted by Gasteiger charge is -2.42. The molecule has 12 nitrogen and oxygen atoms in total. The number of hydrogen-bond donors (Lipinski definition) is 2. The van der Waals surface area contributed by atoms with Crippen molar-refractivity contribution in [2.45, 2.75) is 99.8 Å². The van der Waals surface area contributed by atoms with E-state index in [1.54, 1.807) is 20.8 Å². The van der Waals surface area contributed by atoms with E-state index in [1.807, 2.05) is 0 Å². The first-order chi connectivity index (χ1) is 29.0. The topological polar surface area (TPSA) is 147 Å². The second-order valence-electron chi connectivity index (χ2n) is 14.6. The van der Waals surface area contributed by atoms with Gasteiger partial charge >= 0.3 is 59.4 Å². The Hall–Kier alpha value is -4.96. The zero-order valence-corrected chi connectivity index (χ0v) is 33.1. The molecule has 362 valence electrons. The highest BCUT2D eigenvalue weighted by atomic mass is 19.4. The summed E-state index contributed by atoms with van der Waals surface area (Å²) in [6, 6.07) is 4.88. The molecule has 2 amide bonds. The van der Waals surface area contributed by atoms with Crippen molar-refractivity contribution >= 4 is 23.0 Å². The van der Waals surface area contributed by atoms with Crippen molar-refractivity contribution in [3.05, 3.63) is 46.4 Å². The number of ether oxygens (including phenoxy) is 3. The van der Waals surface area contributed by atoms with Gasteiger partial charge in [-0.1, -0.05) is 17.3 Å². The third kappa shape index (κ3) is 11.5. The van der Waals surface area contributed by atoms with Crippen LogP contribution in [0.2, 0.25) is 0 Å². The SMILES string of the molecule is CC(C)(C)OC(=O)NCCOCCOCCNC(=O)Cc1cc(=O)oc2cc(-c3cn(CCCC(F)(F)C(F)(F)C(F)(F)C(F)(F)C(F)(F)C(F)(F)C(F)(F)C(F)(F)F)nn3)ccc12. The third-order valence-corrected chi connectivity index (χ3v) is 8.54. The van der Waals surface area contributed by atoms with E-state index in [0.29, 0.717) is 4.68 Å². The van der Waals surface area contributed by atoms with Crippen LogP contribution in [0.4, 0.5) is 79.4 Å². The van der Waals surface area contributed by atoms with Crippen LogP contribution in [0.15, 0.2) is 39.7 Å². The van der Waals surface area contributed by atoms with Crippen molar-refractivity contribution in [1.29, 1.82) is 0 Å². The number of aryl methyl sites for hydroxylation is 1. The second kappa shape index (κ2) is 19.3. The van der Waals surface area contributed by atoms with E-state index in [9.17, 15) is 89.0 Å². The molecule has 64 heavy (non-hydrogen) atoms. The minimum Gasteiger partial charge on any atom is -0.444 e. The molecule has 3 rings (SSSR count). The van der Waals surface area contributed by atoms with E-state index in [0.717, 1.165) is 12.3 Å². The van der Waals surface area contributed by atoms with Gasteiger partial charge in [0, 0.05) is 43.1 Å². The molecule has 2 heterocycles. The molecule has 0 aliphatic heterocycles. The normalized spacial score (nSPS) is 13.9. The van der Waals surface area contributed by atoms with E-state index in [1.165, 1.54) is 18.2 Å². The maximum atomic E-state index is 14.3. The largest absolute Gasteiger partial charge is 0.460 e. The molecule has 2 N–H and O–H groups in total. The lowest BCUT2D eigenvalue weighted by atomic mass is 9.88. The van der Waals surface area contributed by atoms with E-state index >= 15 is 0 Å². The smallest absolute Gasteiger partial charge is 0.444 e. The maximum absolute atomic E-state index is 14.3. The van der Waals surface area contributed by atoms with Crippen LogP contribution < -0.4 is 16.3 Å². The molecule has 0 saturated carbocycles. The molecule has 2 aromatic heterocycles.